The molecule has 4 heterocycles. The lowest BCUT2D eigenvalue weighted by molar-refractivity contribution is -0.00523. The Hall–Kier alpha value is -2.78. The third-order valence-corrected chi connectivity index (χ3v) is 6.34. The van der Waals surface area contributed by atoms with Gasteiger partial charge >= 0.3 is 0 Å². The van der Waals surface area contributed by atoms with E-state index in [0.29, 0.717) is 17.8 Å². The number of morpholine rings is 1. The van der Waals surface area contributed by atoms with Crippen LogP contribution in [-0.2, 0) is 11.3 Å². The highest BCUT2D eigenvalue weighted by molar-refractivity contribution is 7.19. The van der Waals surface area contributed by atoms with Crippen LogP contribution in [0.15, 0.2) is 22.9 Å². The van der Waals surface area contributed by atoms with E-state index in [1.54, 1.807) is 18.3 Å². The number of carbonyl (C=O) groups is 1. The highest BCUT2D eigenvalue weighted by Crippen LogP contribution is 2.36. The number of aromatic nitrogens is 3. The van der Waals surface area contributed by atoms with E-state index in [1.165, 1.54) is 6.26 Å². The van der Waals surface area contributed by atoms with Crippen LogP contribution in [0.1, 0.15) is 47.0 Å². The van der Waals surface area contributed by atoms with Crippen molar-refractivity contribution in [1.82, 2.24) is 20.4 Å². The van der Waals surface area contributed by atoms with Gasteiger partial charge in [0.15, 0.2) is 5.13 Å². The van der Waals surface area contributed by atoms with Crippen LogP contribution in [0.25, 0.3) is 10.4 Å². The number of ether oxygens (including phenoxy) is 1. The molecule has 1 N–H and O–H groups in total. The second-order valence-corrected chi connectivity index (χ2v) is 9.05. The molecule has 1 saturated heterocycles. The van der Waals surface area contributed by atoms with Crippen molar-refractivity contribution >= 4 is 22.4 Å². The zero-order valence-corrected chi connectivity index (χ0v) is 19.2. The first-order chi connectivity index (χ1) is 14.8. The largest absolute Gasteiger partial charge is 0.372 e. The number of amides is 1. The van der Waals surface area contributed by atoms with Crippen molar-refractivity contribution in [1.29, 1.82) is 0 Å². The van der Waals surface area contributed by atoms with Crippen molar-refractivity contribution in [3.8, 4) is 10.4 Å². The third kappa shape index (κ3) is 4.77. The smallest absolute Gasteiger partial charge is 0.256 e. The SMILES string of the molecule is Cc1cc(-c2sc(N3CC(C)OC(C)C3)nc2CNC(=O)c2conc2C)cc(C)n1. The highest BCUT2D eigenvalue weighted by Gasteiger charge is 2.26. The maximum atomic E-state index is 12.6. The number of carbonyl (C=O) groups excluding carboxylic acids is 1. The van der Waals surface area contributed by atoms with Crippen LogP contribution in [0.4, 0.5) is 5.13 Å². The summed E-state index contributed by atoms with van der Waals surface area (Å²) in [5.74, 6) is -0.227. The van der Waals surface area contributed by atoms with Gasteiger partial charge in [-0.2, -0.15) is 0 Å². The topological polar surface area (TPSA) is 93.4 Å². The van der Waals surface area contributed by atoms with Crippen LogP contribution >= 0.6 is 11.3 Å². The van der Waals surface area contributed by atoms with Crippen molar-refractivity contribution in [3.05, 3.63) is 46.7 Å². The van der Waals surface area contributed by atoms with Gasteiger partial charge in [0.05, 0.1) is 35.0 Å². The standard InChI is InChI=1S/C22H27N5O3S/c1-12-6-17(7-13(2)24-12)20-19(8-23-21(28)18-11-29-26-16(18)5)25-22(31-20)27-9-14(3)30-15(4)10-27/h6-7,11,14-15H,8-10H2,1-5H3,(H,23,28). The van der Waals surface area contributed by atoms with Gasteiger partial charge < -0.3 is 19.5 Å². The molecule has 1 fully saturated rings. The van der Waals surface area contributed by atoms with Crippen LogP contribution < -0.4 is 10.2 Å². The van der Waals surface area contributed by atoms with Crippen molar-refractivity contribution in [3.63, 3.8) is 0 Å². The Labute approximate surface area is 185 Å². The minimum atomic E-state index is -0.227. The first-order valence-corrected chi connectivity index (χ1v) is 11.2. The maximum absolute atomic E-state index is 12.6. The van der Waals surface area contributed by atoms with Crippen LogP contribution in [-0.4, -0.2) is 46.3 Å². The van der Waals surface area contributed by atoms with Gasteiger partial charge in [-0.05, 0) is 52.3 Å². The summed E-state index contributed by atoms with van der Waals surface area (Å²) >= 11 is 1.64. The molecule has 4 rings (SSSR count). The van der Waals surface area contributed by atoms with E-state index in [9.17, 15) is 4.79 Å². The summed E-state index contributed by atoms with van der Waals surface area (Å²) in [6.45, 7) is 11.8. The summed E-state index contributed by atoms with van der Waals surface area (Å²) in [7, 11) is 0. The Balaban J connectivity index is 1.65. The van der Waals surface area contributed by atoms with Crippen LogP contribution in [0.5, 0.6) is 0 Å². The summed E-state index contributed by atoms with van der Waals surface area (Å²) in [6, 6.07) is 4.12. The molecule has 8 nitrogen and oxygen atoms in total. The molecule has 2 unspecified atom stereocenters. The fourth-order valence-electron chi connectivity index (χ4n) is 3.89. The lowest BCUT2D eigenvalue weighted by Gasteiger charge is -2.35. The molecule has 1 aliphatic heterocycles. The second-order valence-electron chi connectivity index (χ2n) is 8.07. The minimum Gasteiger partial charge on any atom is -0.372 e. The van der Waals surface area contributed by atoms with Gasteiger partial charge in [-0.3, -0.25) is 9.78 Å². The fourth-order valence-corrected chi connectivity index (χ4v) is 4.98. The summed E-state index contributed by atoms with van der Waals surface area (Å²) in [4.78, 5) is 25.3. The number of nitrogens with one attached hydrogen (secondary N) is 1. The average Bonchev–Trinajstić information content (AvgIpc) is 3.31. The highest BCUT2D eigenvalue weighted by atomic mass is 32.1. The van der Waals surface area contributed by atoms with Crippen molar-refractivity contribution < 1.29 is 14.1 Å². The first kappa shape index (κ1) is 21.5. The van der Waals surface area contributed by atoms with E-state index in [1.807, 2.05) is 13.8 Å². The predicted molar refractivity (Wildman–Crippen MR) is 119 cm³/mol. The number of thiazole rings is 1. The molecule has 1 amide bonds. The van der Waals surface area contributed by atoms with E-state index in [0.717, 1.165) is 45.7 Å². The van der Waals surface area contributed by atoms with Crippen LogP contribution in [0.2, 0.25) is 0 Å². The second kappa shape index (κ2) is 8.76. The molecule has 0 aliphatic carbocycles. The Morgan fingerprint density at radius 2 is 1.84 bits per heavy atom. The van der Waals surface area contributed by atoms with Crippen LogP contribution in [0, 0.1) is 20.8 Å². The monoisotopic (exact) mass is 441 g/mol. The number of nitrogens with zero attached hydrogens (tertiary/aromatic N) is 4. The molecular weight excluding hydrogens is 414 g/mol. The Bertz CT molecular complexity index is 1060. The molecule has 3 aromatic rings. The molecule has 0 aromatic carbocycles. The van der Waals surface area contributed by atoms with Gasteiger partial charge in [-0.25, -0.2) is 4.98 Å². The summed E-state index contributed by atoms with van der Waals surface area (Å²) < 4.78 is 10.8. The van der Waals surface area contributed by atoms with Crippen LogP contribution in [0.3, 0.4) is 0 Å². The average molecular weight is 442 g/mol. The van der Waals surface area contributed by atoms with Gasteiger partial charge in [-0.15, -0.1) is 0 Å². The van der Waals surface area contributed by atoms with E-state index in [-0.39, 0.29) is 18.1 Å². The van der Waals surface area contributed by atoms with E-state index < -0.39 is 0 Å². The third-order valence-electron chi connectivity index (χ3n) is 5.13. The van der Waals surface area contributed by atoms with Crippen molar-refractivity contribution in [2.45, 2.75) is 53.4 Å². The lowest BCUT2D eigenvalue weighted by Crippen LogP contribution is -2.45. The quantitative estimate of drug-likeness (QED) is 0.646. The fraction of sp³-hybridized carbons (Fsp3) is 0.455. The Kier molecular flexibility index (Phi) is 6.06. The summed E-state index contributed by atoms with van der Waals surface area (Å²) in [5, 5.41) is 7.68. The maximum Gasteiger partial charge on any atom is 0.256 e. The molecule has 31 heavy (non-hydrogen) atoms. The number of pyridine rings is 1. The summed E-state index contributed by atoms with van der Waals surface area (Å²) in [5.41, 5.74) is 4.80. The predicted octanol–water partition coefficient (Wildman–Crippen LogP) is 3.66. The molecule has 0 bridgehead atoms. The molecular formula is C22H27N5O3S. The Morgan fingerprint density at radius 1 is 1.16 bits per heavy atom. The van der Waals surface area contributed by atoms with Gasteiger partial charge in [-0.1, -0.05) is 16.5 Å². The molecule has 3 aromatic heterocycles. The number of aryl methyl sites for hydroxylation is 3. The van der Waals surface area contributed by atoms with E-state index in [4.69, 9.17) is 14.2 Å². The molecule has 2 atom stereocenters. The minimum absolute atomic E-state index is 0.140. The zero-order chi connectivity index (χ0) is 22.1. The molecule has 9 heteroatoms. The molecule has 0 spiro atoms. The first-order valence-electron chi connectivity index (χ1n) is 10.3. The molecule has 1 aliphatic rings. The van der Waals surface area contributed by atoms with Gasteiger partial charge in [0, 0.05) is 24.5 Å². The number of hydrogen-bond donors (Lipinski definition) is 1. The van der Waals surface area contributed by atoms with Gasteiger partial charge in [0.25, 0.3) is 5.91 Å². The molecule has 0 saturated carbocycles. The van der Waals surface area contributed by atoms with Crippen molar-refractivity contribution in [2.24, 2.45) is 0 Å². The number of hydrogen-bond acceptors (Lipinski definition) is 8. The molecule has 164 valence electrons. The lowest BCUT2D eigenvalue weighted by atomic mass is 10.1. The van der Waals surface area contributed by atoms with E-state index in [2.05, 4.69) is 46.3 Å². The van der Waals surface area contributed by atoms with Gasteiger partial charge in [0.2, 0.25) is 0 Å². The zero-order valence-electron chi connectivity index (χ0n) is 18.4. The Morgan fingerprint density at radius 3 is 2.45 bits per heavy atom. The normalized spacial score (nSPS) is 18.9. The van der Waals surface area contributed by atoms with E-state index >= 15 is 0 Å². The van der Waals surface area contributed by atoms with Gasteiger partial charge in [0.1, 0.15) is 11.8 Å². The molecule has 0 radical (unpaired) electrons. The number of rotatable bonds is 5. The van der Waals surface area contributed by atoms with Crippen molar-refractivity contribution in [2.75, 3.05) is 18.0 Å². The summed E-state index contributed by atoms with van der Waals surface area (Å²) in [6.07, 6.45) is 1.65. The number of anilines is 1.